The maximum absolute atomic E-state index is 11.6. The largest absolute Gasteiger partial charge is 0.473 e. The summed E-state index contributed by atoms with van der Waals surface area (Å²) >= 11 is 0. The van der Waals surface area contributed by atoms with Crippen LogP contribution < -0.4 is 15.2 Å². The van der Waals surface area contributed by atoms with E-state index in [0.717, 1.165) is 30.2 Å². The van der Waals surface area contributed by atoms with Crippen molar-refractivity contribution in [3.05, 3.63) is 65.9 Å². The van der Waals surface area contributed by atoms with Crippen LogP contribution in [0.2, 0.25) is 0 Å². The van der Waals surface area contributed by atoms with Gasteiger partial charge in [0.2, 0.25) is 21.9 Å². The number of aromatic amines is 1. The highest BCUT2D eigenvalue weighted by atomic mass is 32.2. The second kappa shape index (κ2) is 9.14. The van der Waals surface area contributed by atoms with E-state index in [2.05, 4.69) is 37.1 Å². The number of hydrogen-bond acceptors (Lipinski definition) is 8. The quantitative estimate of drug-likeness (QED) is 0.332. The molecule has 0 spiro atoms. The molecule has 2 saturated carbocycles. The minimum absolute atomic E-state index is 0.0629. The molecular weight excluding hydrogens is 490 g/mol. The Labute approximate surface area is 214 Å². The molecule has 4 aromatic rings. The number of benzene rings is 1. The van der Waals surface area contributed by atoms with Crippen LogP contribution in [0, 0.1) is 23.7 Å². The number of pyridine rings is 1. The summed E-state index contributed by atoms with van der Waals surface area (Å²) in [5.74, 6) is 8.37. The fraction of sp³-hybridized carbons (Fsp3) is 0.308. The van der Waals surface area contributed by atoms with Gasteiger partial charge in [-0.2, -0.15) is 4.98 Å². The number of nitrogens with one attached hydrogen (secondary N) is 2. The Morgan fingerprint density at radius 1 is 1.03 bits per heavy atom. The highest BCUT2D eigenvalue weighted by Gasteiger charge is 2.47. The zero-order chi connectivity index (χ0) is 25.6. The second-order valence-electron chi connectivity index (χ2n) is 9.57. The van der Waals surface area contributed by atoms with E-state index < -0.39 is 10.0 Å². The van der Waals surface area contributed by atoms with Crippen molar-refractivity contribution in [2.24, 2.45) is 17.0 Å². The molecule has 10 nitrogen and oxygen atoms in total. The SMILES string of the molecule is C[C@@H](Nc1nc(O[C@@H]2C[C@@H]3C[C@@H]3C2)c2nc(C#Cc3c[nH]cn3)ccc2n1)c1ccc(S(N)(=O)=O)cc1. The van der Waals surface area contributed by atoms with Gasteiger partial charge in [0, 0.05) is 6.20 Å². The Morgan fingerprint density at radius 3 is 2.49 bits per heavy atom. The van der Waals surface area contributed by atoms with Crippen molar-refractivity contribution in [3.63, 3.8) is 0 Å². The fourth-order valence-electron chi connectivity index (χ4n) is 4.80. The van der Waals surface area contributed by atoms with Crippen molar-refractivity contribution in [2.75, 3.05) is 5.32 Å². The molecule has 3 aromatic heterocycles. The van der Waals surface area contributed by atoms with Crippen molar-refractivity contribution in [3.8, 4) is 17.7 Å². The number of ether oxygens (including phenoxy) is 1. The van der Waals surface area contributed by atoms with E-state index in [-0.39, 0.29) is 17.0 Å². The molecule has 188 valence electrons. The number of sulfonamides is 1. The average Bonchev–Trinajstić information content (AvgIpc) is 3.23. The summed E-state index contributed by atoms with van der Waals surface area (Å²) < 4.78 is 29.5. The van der Waals surface area contributed by atoms with Crippen molar-refractivity contribution in [1.82, 2.24) is 24.9 Å². The van der Waals surface area contributed by atoms with Crippen LogP contribution in [0.25, 0.3) is 11.0 Å². The van der Waals surface area contributed by atoms with Gasteiger partial charge in [0.15, 0.2) is 5.52 Å². The Morgan fingerprint density at radius 2 is 1.78 bits per heavy atom. The summed E-state index contributed by atoms with van der Waals surface area (Å²) in [5.41, 5.74) is 3.26. The van der Waals surface area contributed by atoms with Crippen LogP contribution in [0.4, 0.5) is 5.95 Å². The number of imidazole rings is 1. The van der Waals surface area contributed by atoms with E-state index in [0.29, 0.717) is 34.2 Å². The van der Waals surface area contributed by atoms with Gasteiger partial charge < -0.3 is 15.0 Å². The van der Waals surface area contributed by atoms with Gasteiger partial charge in [-0.05, 0) is 79.7 Å². The molecule has 11 heteroatoms. The summed E-state index contributed by atoms with van der Waals surface area (Å²) in [6.07, 6.45) is 6.77. The predicted octanol–water partition coefficient (Wildman–Crippen LogP) is 3.15. The topological polar surface area (TPSA) is 149 Å². The predicted molar refractivity (Wildman–Crippen MR) is 137 cm³/mol. The molecule has 2 aliphatic rings. The van der Waals surface area contributed by atoms with Gasteiger partial charge in [-0.25, -0.2) is 28.5 Å². The summed E-state index contributed by atoms with van der Waals surface area (Å²) in [6, 6.07) is 9.86. The van der Waals surface area contributed by atoms with Crippen LogP contribution in [0.1, 0.15) is 49.2 Å². The van der Waals surface area contributed by atoms with Gasteiger partial charge in [0.25, 0.3) is 0 Å². The van der Waals surface area contributed by atoms with E-state index in [1.165, 1.54) is 18.6 Å². The van der Waals surface area contributed by atoms with Gasteiger partial charge in [-0.15, -0.1) is 0 Å². The van der Waals surface area contributed by atoms with Crippen LogP contribution in [0.15, 0.2) is 53.8 Å². The van der Waals surface area contributed by atoms with E-state index in [9.17, 15) is 8.42 Å². The van der Waals surface area contributed by atoms with Crippen LogP contribution in [0.5, 0.6) is 5.88 Å². The third-order valence-corrected chi connectivity index (χ3v) is 7.79. The standard InChI is InChI=1S/C26H25N7O3S/c1-15(16-2-7-22(8-3-16)37(27,34)35)30-26-32-23-9-6-19(4-5-20-13-28-14-29-20)31-24(23)25(33-26)36-21-11-17-10-18(17)12-21/h2-3,6-9,13-15,17-18,21H,10-12H2,1H3,(H,28,29)(H2,27,34,35)(H,30,32,33)/t15-,17-,18+,21+/m1/s1. The lowest BCUT2D eigenvalue weighted by molar-refractivity contribution is 0.189. The number of fused-ring (bicyclic) bond motifs is 2. The molecule has 2 aliphatic carbocycles. The fourth-order valence-corrected chi connectivity index (χ4v) is 5.31. The summed E-state index contributed by atoms with van der Waals surface area (Å²) in [6.45, 7) is 1.94. The third-order valence-electron chi connectivity index (χ3n) is 6.86. The van der Waals surface area contributed by atoms with Crippen molar-refractivity contribution < 1.29 is 13.2 Å². The second-order valence-corrected chi connectivity index (χ2v) is 11.1. The number of aromatic nitrogens is 5. The first-order valence-corrected chi connectivity index (χ1v) is 13.6. The number of rotatable bonds is 6. The lowest BCUT2D eigenvalue weighted by Gasteiger charge is -2.18. The van der Waals surface area contributed by atoms with Gasteiger partial charge in [-0.1, -0.05) is 12.1 Å². The zero-order valence-corrected chi connectivity index (χ0v) is 20.9. The summed E-state index contributed by atoms with van der Waals surface area (Å²) in [5, 5.41) is 8.51. The highest BCUT2D eigenvalue weighted by Crippen LogP contribution is 2.52. The smallest absolute Gasteiger partial charge is 0.245 e. The van der Waals surface area contributed by atoms with Crippen molar-refractivity contribution in [1.29, 1.82) is 0 Å². The molecule has 6 rings (SSSR count). The monoisotopic (exact) mass is 515 g/mol. The van der Waals surface area contributed by atoms with Crippen molar-refractivity contribution in [2.45, 2.75) is 43.2 Å². The molecule has 3 heterocycles. The molecule has 2 fully saturated rings. The Hall–Kier alpha value is -4.01. The lowest BCUT2D eigenvalue weighted by atomic mass is 10.1. The van der Waals surface area contributed by atoms with Gasteiger partial charge in [0.05, 0.1) is 22.8 Å². The molecule has 0 aliphatic heterocycles. The molecule has 37 heavy (non-hydrogen) atoms. The van der Waals surface area contributed by atoms with E-state index in [1.54, 1.807) is 24.7 Å². The molecule has 0 bridgehead atoms. The molecule has 4 N–H and O–H groups in total. The molecule has 0 radical (unpaired) electrons. The first kappa shape index (κ1) is 23.4. The Bertz CT molecular complexity index is 1620. The molecular formula is C26H25N7O3S. The van der Waals surface area contributed by atoms with E-state index in [1.807, 2.05) is 19.1 Å². The highest BCUT2D eigenvalue weighted by molar-refractivity contribution is 7.89. The number of anilines is 1. The zero-order valence-electron chi connectivity index (χ0n) is 20.0. The molecule has 0 amide bonds. The molecule has 0 saturated heterocycles. The van der Waals surface area contributed by atoms with Crippen LogP contribution in [0.3, 0.4) is 0 Å². The first-order chi connectivity index (χ1) is 17.8. The summed E-state index contributed by atoms with van der Waals surface area (Å²) in [7, 11) is -3.75. The Balaban J connectivity index is 1.30. The number of primary sulfonamides is 1. The number of nitrogens with two attached hydrogens (primary N) is 1. The minimum Gasteiger partial charge on any atom is -0.473 e. The molecule has 0 unspecified atom stereocenters. The third kappa shape index (κ3) is 5.12. The van der Waals surface area contributed by atoms with Gasteiger partial charge >= 0.3 is 0 Å². The van der Waals surface area contributed by atoms with Crippen molar-refractivity contribution >= 4 is 27.0 Å². The maximum Gasteiger partial charge on any atom is 0.245 e. The molecule has 1 aromatic carbocycles. The maximum atomic E-state index is 11.6. The van der Waals surface area contributed by atoms with Gasteiger partial charge in [-0.3, -0.25) is 0 Å². The minimum atomic E-state index is -3.75. The number of nitrogens with zero attached hydrogens (tertiary/aromatic N) is 4. The lowest BCUT2D eigenvalue weighted by Crippen LogP contribution is -2.17. The van der Waals surface area contributed by atoms with Crippen LogP contribution >= 0.6 is 0 Å². The average molecular weight is 516 g/mol. The normalized spacial score (nSPS) is 21.1. The number of hydrogen-bond donors (Lipinski definition) is 3. The Kier molecular flexibility index (Phi) is 5.78. The van der Waals surface area contributed by atoms with Gasteiger partial charge in [0.1, 0.15) is 17.5 Å². The van der Waals surface area contributed by atoms with E-state index in [4.69, 9.17) is 14.9 Å². The van der Waals surface area contributed by atoms with Crippen LogP contribution in [-0.4, -0.2) is 39.4 Å². The number of H-pyrrole nitrogens is 1. The van der Waals surface area contributed by atoms with E-state index >= 15 is 0 Å². The molecule has 4 atom stereocenters. The first-order valence-electron chi connectivity index (χ1n) is 12.1. The van der Waals surface area contributed by atoms with Crippen LogP contribution in [-0.2, 0) is 10.0 Å². The summed E-state index contributed by atoms with van der Waals surface area (Å²) in [4.78, 5) is 21.1.